The van der Waals surface area contributed by atoms with Gasteiger partial charge in [0.05, 0.1) is 5.56 Å². The van der Waals surface area contributed by atoms with Gasteiger partial charge in [0, 0.05) is 11.6 Å². The number of benzene rings is 1. The van der Waals surface area contributed by atoms with Gasteiger partial charge in [0.25, 0.3) is 10.1 Å². The summed E-state index contributed by atoms with van der Waals surface area (Å²) in [7, 11) is -4.71. The van der Waals surface area contributed by atoms with Gasteiger partial charge in [0.1, 0.15) is 10.5 Å². The summed E-state index contributed by atoms with van der Waals surface area (Å²) >= 11 is 0. The molecule has 25 heavy (non-hydrogen) atoms. The topological polar surface area (TPSA) is 131 Å². The van der Waals surface area contributed by atoms with Crippen molar-refractivity contribution in [2.45, 2.75) is 50.7 Å². The summed E-state index contributed by atoms with van der Waals surface area (Å²) in [6.07, 6.45) is -1.34. The number of carboxylic acids is 1. The van der Waals surface area contributed by atoms with E-state index in [0.29, 0.717) is 0 Å². The highest BCUT2D eigenvalue weighted by molar-refractivity contribution is 7.86. The van der Waals surface area contributed by atoms with Crippen LogP contribution in [0, 0.1) is 5.92 Å². The smallest absolute Gasteiger partial charge is 0.337 e. The number of carboxylic acid groups (broad SMARTS) is 1. The van der Waals surface area contributed by atoms with Crippen LogP contribution in [0.2, 0.25) is 0 Å². The predicted octanol–water partition coefficient (Wildman–Crippen LogP) is 2.11. The van der Waals surface area contributed by atoms with Crippen molar-refractivity contribution in [3.63, 3.8) is 0 Å². The van der Waals surface area contributed by atoms with Gasteiger partial charge in [-0.25, -0.2) is 14.6 Å². The van der Waals surface area contributed by atoms with Crippen LogP contribution in [0.3, 0.4) is 0 Å². The van der Waals surface area contributed by atoms with Gasteiger partial charge in [-0.05, 0) is 32.0 Å². The van der Waals surface area contributed by atoms with E-state index in [1.807, 2.05) is 13.8 Å². The van der Waals surface area contributed by atoms with E-state index < -0.39 is 44.7 Å². The third-order valence-electron chi connectivity index (χ3n) is 3.59. The van der Waals surface area contributed by atoms with Gasteiger partial charge in [0.15, 0.2) is 12.5 Å². The van der Waals surface area contributed by atoms with Gasteiger partial charge in [-0.2, -0.15) is 8.42 Å². The van der Waals surface area contributed by atoms with E-state index in [4.69, 9.17) is 19.6 Å². The summed E-state index contributed by atoms with van der Waals surface area (Å²) in [6.45, 7) is 7.16. The van der Waals surface area contributed by atoms with Crippen LogP contribution in [0.5, 0.6) is 0 Å². The largest absolute Gasteiger partial charge is 0.478 e. The molecule has 1 fully saturated rings. The summed E-state index contributed by atoms with van der Waals surface area (Å²) in [5.74, 6) is -1.46. The molecule has 0 aromatic heterocycles. The second-order valence-electron chi connectivity index (χ2n) is 6.55. The van der Waals surface area contributed by atoms with Crippen LogP contribution in [-0.4, -0.2) is 42.2 Å². The van der Waals surface area contributed by atoms with E-state index in [0.717, 1.165) is 12.1 Å². The number of aromatic carboxylic acids is 1. The zero-order valence-corrected chi connectivity index (χ0v) is 15.0. The van der Waals surface area contributed by atoms with Gasteiger partial charge >= 0.3 is 5.97 Å². The molecule has 0 saturated carbocycles. The van der Waals surface area contributed by atoms with Gasteiger partial charge in [0.2, 0.25) is 0 Å². The zero-order chi connectivity index (χ0) is 19.0. The third-order valence-corrected chi connectivity index (χ3v) is 4.48. The van der Waals surface area contributed by atoms with Crippen molar-refractivity contribution in [1.29, 1.82) is 0 Å². The molecule has 1 saturated heterocycles. The Morgan fingerprint density at radius 2 is 1.96 bits per heavy atom. The summed E-state index contributed by atoms with van der Waals surface area (Å²) in [4.78, 5) is 20.9. The molecule has 10 heteroatoms. The first-order valence-electron chi connectivity index (χ1n) is 7.53. The normalized spacial score (nSPS) is 23.4. The molecule has 0 amide bonds. The van der Waals surface area contributed by atoms with Crippen molar-refractivity contribution in [3.05, 3.63) is 23.8 Å². The Morgan fingerprint density at radius 3 is 2.48 bits per heavy atom. The van der Waals surface area contributed by atoms with Crippen LogP contribution in [0.25, 0.3) is 0 Å². The van der Waals surface area contributed by atoms with E-state index in [1.165, 1.54) is 6.07 Å². The first-order valence-corrected chi connectivity index (χ1v) is 8.97. The standard InChI is InChI=1S/C15H21NO8S/c1-8(2)13-22-14(15(3,4)24-23-13)16-9-5-6-10(12(17)18)11(7-9)25(19,20)21/h5-8,13-14,16H,1-4H3,(H,17,18)(H,19,20,21). The van der Waals surface area contributed by atoms with E-state index in [1.54, 1.807) is 13.8 Å². The maximum absolute atomic E-state index is 11.5. The van der Waals surface area contributed by atoms with Crippen molar-refractivity contribution in [1.82, 2.24) is 0 Å². The molecule has 0 bridgehead atoms. The number of ether oxygens (including phenoxy) is 1. The summed E-state index contributed by atoms with van der Waals surface area (Å²) in [6, 6.07) is 3.48. The molecule has 1 aromatic rings. The highest BCUT2D eigenvalue weighted by atomic mass is 32.2. The molecule has 3 N–H and O–H groups in total. The Hall–Kier alpha value is -1.72. The van der Waals surface area contributed by atoms with Gasteiger partial charge < -0.3 is 15.2 Å². The highest BCUT2D eigenvalue weighted by Crippen LogP contribution is 2.31. The minimum atomic E-state index is -4.71. The summed E-state index contributed by atoms with van der Waals surface area (Å²) in [5.41, 5.74) is -1.20. The molecule has 1 heterocycles. The van der Waals surface area contributed by atoms with Crippen molar-refractivity contribution in [3.8, 4) is 0 Å². The second-order valence-corrected chi connectivity index (χ2v) is 7.94. The number of anilines is 1. The fraction of sp³-hybridized carbons (Fsp3) is 0.533. The predicted molar refractivity (Wildman–Crippen MR) is 86.6 cm³/mol. The average Bonchev–Trinajstić information content (AvgIpc) is 2.47. The maximum atomic E-state index is 11.5. The lowest BCUT2D eigenvalue weighted by Gasteiger charge is -2.42. The van der Waals surface area contributed by atoms with Gasteiger partial charge in [-0.3, -0.25) is 4.55 Å². The molecule has 0 aliphatic carbocycles. The average molecular weight is 375 g/mol. The molecule has 0 spiro atoms. The molecular weight excluding hydrogens is 354 g/mol. The summed E-state index contributed by atoms with van der Waals surface area (Å²) < 4.78 is 38.0. The second kappa shape index (κ2) is 6.89. The molecule has 1 aliphatic rings. The summed E-state index contributed by atoms with van der Waals surface area (Å²) in [5, 5.41) is 12.0. The molecular formula is C15H21NO8S. The van der Waals surface area contributed by atoms with Gasteiger partial charge in [-0.1, -0.05) is 13.8 Å². The van der Waals surface area contributed by atoms with Crippen molar-refractivity contribution >= 4 is 21.8 Å². The molecule has 9 nitrogen and oxygen atoms in total. The molecule has 2 atom stereocenters. The minimum absolute atomic E-state index is 0.00293. The number of nitrogens with one attached hydrogen (secondary N) is 1. The fourth-order valence-electron chi connectivity index (χ4n) is 2.17. The SMILES string of the molecule is CC(C)C1OOC(C)(C)C(Nc2ccc(C(=O)O)c(S(=O)(=O)O)c2)O1. The van der Waals surface area contributed by atoms with Crippen LogP contribution < -0.4 is 5.32 Å². The zero-order valence-electron chi connectivity index (χ0n) is 14.2. The lowest BCUT2D eigenvalue weighted by atomic mass is 10.1. The Balaban J connectivity index is 2.34. The maximum Gasteiger partial charge on any atom is 0.337 e. The van der Waals surface area contributed by atoms with Crippen LogP contribution >= 0.6 is 0 Å². The Kier molecular flexibility index (Phi) is 5.40. The van der Waals surface area contributed by atoms with Gasteiger partial charge in [-0.15, -0.1) is 0 Å². The third kappa shape index (κ3) is 4.47. The number of rotatable bonds is 5. The first-order chi connectivity index (χ1) is 11.4. The minimum Gasteiger partial charge on any atom is -0.478 e. The van der Waals surface area contributed by atoms with Crippen molar-refractivity contribution < 1.29 is 37.4 Å². The molecule has 140 valence electrons. The molecule has 1 aliphatic heterocycles. The van der Waals surface area contributed by atoms with Crippen LogP contribution in [0.1, 0.15) is 38.1 Å². The Bertz CT molecular complexity index is 759. The molecule has 0 radical (unpaired) electrons. The molecule has 1 aromatic carbocycles. The highest BCUT2D eigenvalue weighted by Gasteiger charge is 2.41. The van der Waals surface area contributed by atoms with E-state index in [2.05, 4.69) is 5.32 Å². The van der Waals surface area contributed by atoms with Crippen LogP contribution in [-0.2, 0) is 24.6 Å². The number of hydrogen-bond acceptors (Lipinski definition) is 7. The quantitative estimate of drug-likeness (QED) is 0.523. The molecule has 2 rings (SSSR count). The van der Waals surface area contributed by atoms with E-state index in [-0.39, 0.29) is 11.6 Å². The fourth-order valence-corrected chi connectivity index (χ4v) is 2.87. The first kappa shape index (κ1) is 19.6. The Labute approximate surface area is 145 Å². The number of hydrogen-bond donors (Lipinski definition) is 3. The lowest BCUT2D eigenvalue weighted by Crippen LogP contribution is -2.54. The van der Waals surface area contributed by atoms with Crippen LogP contribution in [0.4, 0.5) is 5.69 Å². The Morgan fingerprint density at radius 1 is 1.32 bits per heavy atom. The lowest BCUT2D eigenvalue weighted by molar-refractivity contribution is -0.485. The van der Waals surface area contributed by atoms with Crippen molar-refractivity contribution in [2.75, 3.05) is 5.32 Å². The van der Waals surface area contributed by atoms with E-state index in [9.17, 15) is 17.8 Å². The van der Waals surface area contributed by atoms with E-state index >= 15 is 0 Å². The molecule has 2 unspecified atom stereocenters. The number of carbonyl (C=O) groups is 1. The van der Waals surface area contributed by atoms with Crippen molar-refractivity contribution in [2.24, 2.45) is 5.92 Å². The monoisotopic (exact) mass is 375 g/mol. The van der Waals surface area contributed by atoms with Crippen LogP contribution in [0.15, 0.2) is 23.1 Å².